The van der Waals surface area contributed by atoms with Gasteiger partial charge in [-0.15, -0.1) is 0 Å². The summed E-state index contributed by atoms with van der Waals surface area (Å²) in [7, 11) is 0. The molecule has 6 nitrogen and oxygen atoms in total. The van der Waals surface area contributed by atoms with Crippen LogP contribution in [0.5, 0.6) is 0 Å². The number of aromatic nitrogens is 2. The van der Waals surface area contributed by atoms with Crippen molar-refractivity contribution in [3.05, 3.63) is 76.7 Å². The van der Waals surface area contributed by atoms with Gasteiger partial charge in [0.05, 0.1) is 5.69 Å². The Balaban J connectivity index is 1.33. The maximum absolute atomic E-state index is 14.1. The lowest BCUT2D eigenvalue weighted by atomic mass is 10.1. The van der Waals surface area contributed by atoms with E-state index in [1.165, 1.54) is 17.8 Å². The van der Waals surface area contributed by atoms with Gasteiger partial charge in [0.1, 0.15) is 16.8 Å². The highest BCUT2D eigenvalue weighted by Gasteiger charge is 2.23. The van der Waals surface area contributed by atoms with Gasteiger partial charge < -0.3 is 14.7 Å². The molecule has 2 heterocycles. The van der Waals surface area contributed by atoms with Crippen molar-refractivity contribution in [2.45, 2.75) is 24.8 Å². The smallest absolute Gasteiger partial charge is 0.253 e. The number of thioether (sulfide) groups is 1. The molecule has 0 unspecified atom stereocenters. The fourth-order valence-corrected chi connectivity index (χ4v) is 5.13. The molecule has 3 aromatic rings. The Morgan fingerprint density at radius 1 is 1.03 bits per heavy atom. The highest BCUT2D eigenvalue weighted by molar-refractivity contribution is 7.98. The van der Waals surface area contributed by atoms with Crippen molar-refractivity contribution in [3.8, 4) is 0 Å². The van der Waals surface area contributed by atoms with Crippen molar-refractivity contribution in [2.75, 3.05) is 49.1 Å². The number of carbonyl (C=O) groups excluding carboxylic acids is 1. The van der Waals surface area contributed by atoms with Crippen LogP contribution < -0.4 is 9.80 Å². The molecule has 0 radical (unpaired) electrons. The van der Waals surface area contributed by atoms with Crippen molar-refractivity contribution in [2.24, 2.45) is 0 Å². The van der Waals surface area contributed by atoms with Crippen molar-refractivity contribution in [1.82, 2.24) is 14.9 Å². The molecule has 4 rings (SSSR count). The van der Waals surface area contributed by atoms with Crippen LogP contribution in [0, 0.1) is 5.82 Å². The van der Waals surface area contributed by atoms with Crippen molar-refractivity contribution < 1.29 is 9.18 Å². The first-order valence-corrected chi connectivity index (χ1v) is 13.1. The summed E-state index contributed by atoms with van der Waals surface area (Å²) in [6.07, 6.45) is 0. The van der Waals surface area contributed by atoms with Crippen LogP contribution in [0.3, 0.4) is 0 Å². The van der Waals surface area contributed by atoms with Gasteiger partial charge in [0.2, 0.25) is 0 Å². The van der Waals surface area contributed by atoms with Gasteiger partial charge in [0, 0.05) is 56.7 Å². The number of anilines is 2. The lowest BCUT2D eigenvalue weighted by Gasteiger charge is -2.36. The lowest BCUT2D eigenvalue weighted by molar-refractivity contribution is 0.0746. The summed E-state index contributed by atoms with van der Waals surface area (Å²) in [5, 5.41) is 1.06. The van der Waals surface area contributed by atoms with Crippen molar-refractivity contribution >= 4 is 40.8 Å². The Hall–Kier alpha value is -2.84. The standard InChI is InChI=1S/C26H29ClFN5OS/c1-3-31(4-2)24-17-23(27)29-26(30-24)35-18-19-9-11-20(12-10-19)25(34)33-15-13-32(14-16-33)22-8-6-5-7-21(22)28/h5-12,17H,3-4,13-16,18H2,1-2H3. The first-order chi connectivity index (χ1) is 17.0. The van der Waals surface area contributed by atoms with E-state index >= 15 is 0 Å². The van der Waals surface area contributed by atoms with Crippen LogP contribution in [0.15, 0.2) is 59.8 Å². The van der Waals surface area contributed by atoms with Gasteiger partial charge in [0.15, 0.2) is 5.16 Å². The number of amides is 1. The lowest BCUT2D eigenvalue weighted by Crippen LogP contribution is -2.49. The molecule has 0 bridgehead atoms. The fourth-order valence-electron chi connectivity index (χ4n) is 4.09. The van der Waals surface area contributed by atoms with Crippen LogP contribution in [0.4, 0.5) is 15.9 Å². The monoisotopic (exact) mass is 513 g/mol. The van der Waals surface area contributed by atoms with E-state index in [0.29, 0.717) is 53.5 Å². The van der Waals surface area contributed by atoms with Gasteiger partial charge in [-0.05, 0) is 43.7 Å². The highest BCUT2D eigenvalue weighted by Crippen LogP contribution is 2.25. The van der Waals surface area contributed by atoms with Crippen LogP contribution in [0.1, 0.15) is 29.8 Å². The summed E-state index contributed by atoms with van der Waals surface area (Å²) in [6.45, 7) is 8.20. The Kier molecular flexibility index (Phi) is 8.46. The molecule has 0 aliphatic carbocycles. The number of piperazine rings is 1. The maximum atomic E-state index is 14.1. The molecule has 1 aromatic heterocycles. The average molecular weight is 514 g/mol. The largest absolute Gasteiger partial charge is 0.366 e. The second-order valence-corrected chi connectivity index (χ2v) is 9.55. The van der Waals surface area contributed by atoms with E-state index in [1.807, 2.05) is 40.1 Å². The first-order valence-electron chi connectivity index (χ1n) is 11.8. The molecule has 0 spiro atoms. The minimum absolute atomic E-state index is 0.000532. The molecule has 2 aromatic carbocycles. The highest BCUT2D eigenvalue weighted by atomic mass is 35.5. The molecular formula is C26H29ClFN5OS. The third kappa shape index (κ3) is 6.24. The predicted molar refractivity (Wildman–Crippen MR) is 141 cm³/mol. The zero-order valence-electron chi connectivity index (χ0n) is 20.0. The van der Waals surface area contributed by atoms with Crippen LogP contribution in [0.25, 0.3) is 0 Å². The SMILES string of the molecule is CCN(CC)c1cc(Cl)nc(SCc2ccc(C(=O)N3CCN(c4ccccc4F)CC3)cc2)n1. The molecule has 1 amide bonds. The summed E-state index contributed by atoms with van der Waals surface area (Å²) in [4.78, 5) is 27.9. The zero-order chi connectivity index (χ0) is 24.8. The van der Waals surface area contributed by atoms with E-state index in [2.05, 4.69) is 28.7 Å². The van der Waals surface area contributed by atoms with Gasteiger partial charge in [-0.1, -0.05) is 47.6 Å². The normalized spacial score (nSPS) is 13.7. The predicted octanol–water partition coefficient (Wildman–Crippen LogP) is 5.37. The number of hydrogen-bond acceptors (Lipinski definition) is 6. The molecule has 1 saturated heterocycles. The van der Waals surface area contributed by atoms with Crippen LogP contribution in [-0.2, 0) is 5.75 Å². The Morgan fingerprint density at radius 3 is 2.37 bits per heavy atom. The molecule has 1 aliphatic heterocycles. The number of hydrogen-bond donors (Lipinski definition) is 0. The Labute approximate surface area is 215 Å². The summed E-state index contributed by atoms with van der Waals surface area (Å²) >= 11 is 7.73. The Morgan fingerprint density at radius 2 is 1.71 bits per heavy atom. The summed E-state index contributed by atoms with van der Waals surface area (Å²) in [5.41, 5.74) is 2.32. The number of halogens is 2. The van der Waals surface area contributed by atoms with Crippen molar-refractivity contribution in [3.63, 3.8) is 0 Å². The number of para-hydroxylation sites is 1. The van der Waals surface area contributed by atoms with E-state index in [9.17, 15) is 9.18 Å². The Bertz CT molecular complexity index is 1150. The molecule has 1 fully saturated rings. The molecule has 1 aliphatic rings. The molecule has 0 atom stereocenters. The maximum Gasteiger partial charge on any atom is 0.253 e. The summed E-state index contributed by atoms with van der Waals surface area (Å²) in [6, 6.07) is 16.2. The second kappa shape index (κ2) is 11.7. The van der Waals surface area contributed by atoms with Gasteiger partial charge in [-0.25, -0.2) is 14.4 Å². The molecule has 35 heavy (non-hydrogen) atoms. The van der Waals surface area contributed by atoms with E-state index < -0.39 is 0 Å². The van der Waals surface area contributed by atoms with E-state index in [4.69, 9.17) is 11.6 Å². The van der Waals surface area contributed by atoms with E-state index in [0.717, 1.165) is 24.5 Å². The number of nitrogens with zero attached hydrogens (tertiary/aromatic N) is 5. The van der Waals surface area contributed by atoms with Gasteiger partial charge in [-0.3, -0.25) is 4.79 Å². The van der Waals surface area contributed by atoms with Gasteiger partial charge >= 0.3 is 0 Å². The minimum Gasteiger partial charge on any atom is -0.366 e. The number of benzene rings is 2. The molecular weight excluding hydrogens is 485 g/mol. The average Bonchev–Trinajstić information content (AvgIpc) is 2.88. The third-order valence-electron chi connectivity index (χ3n) is 6.08. The molecule has 0 N–H and O–H groups in total. The van der Waals surface area contributed by atoms with Gasteiger partial charge in [0.25, 0.3) is 5.91 Å². The second-order valence-electron chi connectivity index (χ2n) is 8.22. The van der Waals surface area contributed by atoms with Crippen molar-refractivity contribution in [1.29, 1.82) is 0 Å². The van der Waals surface area contributed by atoms with Crippen LogP contribution >= 0.6 is 23.4 Å². The van der Waals surface area contributed by atoms with E-state index in [-0.39, 0.29) is 11.7 Å². The number of rotatable bonds is 8. The zero-order valence-corrected chi connectivity index (χ0v) is 21.5. The molecule has 184 valence electrons. The van der Waals surface area contributed by atoms with Crippen LogP contribution in [-0.4, -0.2) is 60.0 Å². The van der Waals surface area contributed by atoms with E-state index in [1.54, 1.807) is 18.2 Å². The third-order valence-corrected chi connectivity index (χ3v) is 7.19. The van der Waals surface area contributed by atoms with Crippen LogP contribution in [0.2, 0.25) is 5.15 Å². The fraction of sp³-hybridized carbons (Fsp3) is 0.346. The topological polar surface area (TPSA) is 52.6 Å². The van der Waals surface area contributed by atoms with Gasteiger partial charge in [-0.2, -0.15) is 0 Å². The summed E-state index contributed by atoms with van der Waals surface area (Å²) in [5.74, 6) is 1.27. The first kappa shape index (κ1) is 25.3. The summed E-state index contributed by atoms with van der Waals surface area (Å²) < 4.78 is 14.1. The molecule has 0 saturated carbocycles. The molecule has 9 heteroatoms. The minimum atomic E-state index is -0.229. The quantitative estimate of drug-likeness (QED) is 0.229. The number of carbonyl (C=O) groups is 1.